The standard InChI is InChI=1S/C16H18FN3O3S/c1-24(22,23)20(12-15-4-2-3-9-18-15)11-10-19-16(21)13-5-7-14(17)8-6-13/h2-9H,10-12H2,1H3,(H,19,21). The summed E-state index contributed by atoms with van der Waals surface area (Å²) in [5.74, 6) is -0.813. The third-order valence-electron chi connectivity index (χ3n) is 3.29. The molecule has 0 bridgehead atoms. The number of carbonyl (C=O) groups is 1. The molecule has 1 N–H and O–H groups in total. The molecule has 6 nitrogen and oxygen atoms in total. The summed E-state index contributed by atoms with van der Waals surface area (Å²) >= 11 is 0. The molecule has 0 aliphatic carbocycles. The van der Waals surface area contributed by atoms with Crippen LogP contribution in [-0.4, -0.2) is 43.0 Å². The Morgan fingerprint density at radius 1 is 1.21 bits per heavy atom. The Bertz CT molecular complexity index is 780. The predicted molar refractivity (Wildman–Crippen MR) is 88.2 cm³/mol. The maximum atomic E-state index is 12.8. The molecule has 1 aromatic carbocycles. The zero-order valence-electron chi connectivity index (χ0n) is 13.1. The molecule has 0 atom stereocenters. The Balaban J connectivity index is 1.93. The molecule has 0 unspecified atom stereocenters. The average molecular weight is 351 g/mol. The predicted octanol–water partition coefficient (Wildman–Crippen LogP) is 1.41. The van der Waals surface area contributed by atoms with Crippen molar-refractivity contribution in [3.8, 4) is 0 Å². The summed E-state index contributed by atoms with van der Waals surface area (Å²) < 4.78 is 37.8. The molecule has 1 amide bonds. The summed E-state index contributed by atoms with van der Waals surface area (Å²) in [6, 6.07) is 10.4. The summed E-state index contributed by atoms with van der Waals surface area (Å²) in [5.41, 5.74) is 0.930. The number of rotatable bonds is 7. The summed E-state index contributed by atoms with van der Waals surface area (Å²) in [6.07, 6.45) is 2.70. The van der Waals surface area contributed by atoms with Gasteiger partial charge >= 0.3 is 0 Å². The highest BCUT2D eigenvalue weighted by Gasteiger charge is 2.17. The lowest BCUT2D eigenvalue weighted by atomic mass is 10.2. The van der Waals surface area contributed by atoms with E-state index in [1.54, 1.807) is 24.4 Å². The van der Waals surface area contributed by atoms with Gasteiger partial charge in [0.2, 0.25) is 10.0 Å². The minimum Gasteiger partial charge on any atom is -0.351 e. The molecule has 0 aliphatic rings. The van der Waals surface area contributed by atoms with Crippen molar-refractivity contribution in [2.45, 2.75) is 6.54 Å². The van der Waals surface area contributed by atoms with E-state index in [4.69, 9.17) is 0 Å². The van der Waals surface area contributed by atoms with Gasteiger partial charge in [-0.2, -0.15) is 4.31 Å². The molecule has 0 spiro atoms. The van der Waals surface area contributed by atoms with Crippen LogP contribution in [0.25, 0.3) is 0 Å². The molecule has 0 fully saturated rings. The van der Waals surface area contributed by atoms with Gasteiger partial charge in [-0.3, -0.25) is 9.78 Å². The van der Waals surface area contributed by atoms with E-state index in [1.165, 1.54) is 28.6 Å². The van der Waals surface area contributed by atoms with Gasteiger partial charge in [-0.15, -0.1) is 0 Å². The number of amides is 1. The van der Waals surface area contributed by atoms with Crippen molar-refractivity contribution in [3.63, 3.8) is 0 Å². The number of nitrogens with zero attached hydrogens (tertiary/aromatic N) is 2. The molecule has 0 aliphatic heterocycles. The van der Waals surface area contributed by atoms with Crippen molar-refractivity contribution in [2.24, 2.45) is 0 Å². The number of hydrogen-bond acceptors (Lipinski definition) is 4. The van der Waals surface area contributed by atoms with Gasteiger partial charge in [0.15, 0.2) is 0 Å². The molecule has 0 radical (unpaired) electrons. The van der Waals surface area contributed by atoms with Crippen LogP contribution in [0, 0.1) is 5.82 Å². The number of nitrogens with one attached hydrogen (secondary N) is 1. The van der Waals surface area contributed by atoms with E-state index < -0.39 is 15.8 Å². The Hall–Kier alpha value is -2.32. The van der Waals surface area contributed by atoms with Gasteiger partial charge in [0.05, 0.1) is 18.5 Å². The summed E-state index contributed by atoms with van der Waals surface area (Å²) in [6.45, 7) is 0.380. The van der Waals surface area contributed by atoms with E-state index in [9.17, 15) is 17.6 Å². The first-order chi connectivity index (χ1) is 11.4. The monoisotopic (exact) mass is 351 g/mol. The fraction of sp³-hybridized carbons (Fsp3) is 0.250. The third-order valence-corrected chi connectivity index (χ3v) is 4.54. The summed E-state index contributed by atoms with van der Waals surface area (Å²) in [5, 5.41) is 2.62. The van der Waals surface area contributed by atoms with Crippen molar-refractivity contribution in [1.82, 2.24) is 14.6 Å². The molecule has 0 saturated carbocycles. The van der Waals surface area contributed by atoms with E-state index in [0.717, 1.165) is 6.26 Å². The quantitative estimate of drug-likeness (QED) is 0.818. The van der Waals surface area contributed by atoms with Gasteiger partial charge in [-0.1, -0.05) is 6.07 Å². The van der Waals surface area contributed by atoms with E-state index in [-0.39, 0.29) is 25.5 Å². The topological polar surface area (TPSA) is 79.4 Å². The minimum absolute atomic E-state index is 0.113. The first kappa shape index (κ1) is 18.0. The van der Waals surface area contributed by atoms with Crippen molar-refractivity contribution in [2.75, 3.05) is 19.3 Å². The van der Waals surface area contributed by atoms with Crippen LogP contribution in [0.2, 0.25) is 0 Å². The molecule has 2 aromatic rings. The molecular weight excluding hydrogens is 333 g/mol. The highest BCUT2D eigenvalue weighted by molar-refractivity contribution is 7.88. The number of pyridine rings is 1. The molecule has 128 valence electrons. The van der Waals surface area contributed by atoms with Crippen molar-refractivity contribution < 1.29 is 17.6 Å². The summed E-state index contributed by atoms with van der Waals surface area (Å²) in [7, 11) is -3.44. The van der Waals surface area contributed by atoms with Crippen LogP contribution in [-0.2, 0) is 16.6 Å². The smallest absolute Gasteiger partial charge is 0.251 e. The van der Waals surface area contributed by atoms with Crippen molar-refractivity contribution in [1.29, 1.82) is 0 Å². The molecule has 24 heavy (non-hydrogen) atoms. The van der Waals surface area contributed by atoms with Crippen LogP contribution < -0.4 is 5.32 Å². The van der Waals surface area contributed by atoms with Crippen molar-refractivity contribution in [3.05, 3.63) is 65.7 Å². The van der Waals surface area contributed by atoms with Gasteiger partial charge in [-0.25, -0.2) is 12.8 Å². The second kappa shape index (κ2) is 7.98. The number of sulfonamides is 1. The second-order valence-electron chi connectivity index (χ2n) is 5.18. The Morgan fingerprint density at radius 2 is 1.92 bits per heavy atom. The fourth-order valence-electron chi connectivity index (χ4n) is 2.03. The van der Waals surface area contributed by atoms with Gasteiger partial charge in [-0.05, 0) is 36.4 Å². The Kier molecular flexibility index (Phi) is 5.99. The number of benzene rings is 1. The third kappa shape index (κ3) is 5.39. The van der Waals surface area contributed by atoms with Crippen LogP contribution in [0.1, 0.15) is 16.1 Å². The SMILES string of the molecule is CS(=O)(=O)N(CCNC(=O)c1ccc(F)cc1)Cc1ccccn1. The molecule has 2 rings (SSSR count). The molecule has 1 aromatic heterocycles. The Labute approximate surface area is 140 Å². The van der Waals surface area contributed by atoms with Gasteiger partial charge in [0, 0.05) is 24.8 Å². The number of carbonyl (C=O) groups excluding carboxylic acids is 1. The second-order valence-corrected chi connectivity index (χ2v) is 7.16. The van der Waals surface area contributed by atoms with Crippen LogP contribution in [0.3, 0.4) is 0 Å². The van der Waals surface area contributed by atoms with Crippen LogP contribution >= 0.6 is 0 Å². The first-order valence-corrected chi connectivity index (χ1v) is 9.10. The Morgan fingerprint density at radius 3 is 2.50 bits per heavy atom. The lowest BCUT2D eigenvalue weighted by Crippen LogP contribution is -2.37. The molecule has 8 heteroatoms. The fourth-order valence-corrected chi connectivity index (χ4v) is 2.82. The van der Waals surface area contributed by atoms with Gasteiger partial charge in [0.1, 0.15) is 5.82 Å². The van der Waals surface area contributed by atoms with E-state index in [2.05, 4.69) is 10.3 Å². The number of halogens is 1. The average Bonchev–Trinajstić information content (AvgIpc) is 2.54. The first-order valence-electron chi connectivity index (χ1n) is 7.25. The number of aromatic nitrogens is 1. The highest BCUT2D eigenvalue weighted by Crippen LogP contribution is 2.06. The molecule has 1 heterocycles. The van der Waals surface area contributed by atoms with Gasteiger partial charge in [0.25, 0.3) is 5.91 Å². The molecule has 0 saturated heterocycles. The lowest BCUT2D eigenvalue weighted by Gasteiger charge is -2.19. The molecular formula is C16H18FN3O3S. The maximum absolute atomic E-state index is 12.8. The zero-order chi connectivity index (χ0) is 17.6. The zero-order valence-corrected chi connectivity index (χ0v) is 14.0. The van der Waals surface area contributed by atoms with E-state index >= 15 is 0 Å². The van der Waals surface area contributed by atoms with Gasteiger partial charge < -0.3 is 5.32 Å². The van der Waals surface area contributed by atoms with Crippen molar-refractivity contribution >= 4 is 15.9 Å². The van der Waals surface area contributed by atoms with Crippen LogP contribution in [0.5, 0.6) is 0 Å². The van der Waals surface area contributed by atoms with E-state index in [1.807, 2.05) is 0 Å². The summed E-state index contributed by atoms with van der Waals surface area (Å²) in [4.78, 5) is 16.0. The maximum Gasteiger partial charge on any atom is 0.251 e. The number of hydrogen-bond donors (Lipinski definition) is 1. The minimum atomic E-state index is -3.44. The highest BCUT2D eigenvalue weighted by atomic mass is 32.2. The largest absolute Gasteiger partial charge is 0.351 e. The normalized spacial score (nSPS) is 11.5. The van der Waals surface area contributed by atoms with Crippen LogP contribution in [0.4, 0.5) is 4.39 Å². The lowest BCUT2D eigenvalue weighted by molar-refractivity contribution is 0.0951. The van der Waals surface area contributed by atoms with Crippen LogP contribution in [0.15, 0.2) is 48.7 Å². The van der Waals surface area contributed by atoms with E-state index in [0.29, 0.717) is 11.3 Å².